The maximum atomic E-state index is 11.5. The third-order valence-corrected chi connectivity index (χ3v) is 4.06. The van der Waals surface area contributed by atoms with Crippen LogP contribution in [-0.2, 0) is 10.0 Å². The molecule has 5 heteroatoms. The summed E-state index contributed by atoms with van der Waals surface area (Å²) in [5, 5.41) is 3.34. The molecule has 1 aliphatic rings. The number of sulfonamides is 1. The van der Waals surface area contributed by atoms with Gasteiger partial charge in [-0.2, -0.15) is 0 Å². The van der Waals surface area contributed by atoms with Crippen molar-refractivity contribution in [3.05, 3.63) is 0 Å². The molecule has 16 heavy (non-hydrogen) atoms. The van der Waals surface area contributed by atoms with Gasteiger partial charge in [-0.15, -0.1) is 5.92 Å². The molecule has 1 saturated heterocycles. The molecule has 1 heterocycles. The first-order valence-corrected chi connectivity index (χ1v) is 7.39. The fourth-order valence-electron chi connectivity index (χ4n) is 1.77. The standard InChI is InChI=1S/C11H20N2O2S/c1-2-3-9-13-16(14,15)10-7-11-6-4-5-8-12-11/h11-13H,4-10H2,1H3. The van der Waals surface area contributed by atoms with Crippen molar-refractivity contribution in [3.8, 4) is 11.8 Å². The number of piperidine rings is 1. The van der Waals surface area contributed by atoms with Crippen LogP contribution in [0.1, 0.15) is 32.6 Å². The summed E-state index contributed by atoms with van der Waals surface area (Å²) in [6.45, 7) is 2.93. The second kappa shape index (κ2) is 6.89. The summed E-state index contributed by atoms with van der Waals surface area (Å²) in [4.78, 5) is 0. The molecule has 0 aliphatic carbocycles. The molecular formula is C11H20N2O2S. The molecule has 1 fully saturated rings. The van der Waals surface area contributed by atoms with Gasteiger partial charge in [-0.05, 0) is 32.7 Å². The Bertz CT molecular complexity index is 348. The first kappa shape index (κ1) is 13.5. The van der Waals surface area contributed by atoms with Gasteiger partial charge in [0, 0.05) is 6.04 Å². The van der Waals surface area contributed by atoms with Gasteiger partial charge in [0.25, 0.3) is 0 Å². The lowest BCUT2D eigenvalue weighted by Gasteiger charge is -2.23. The van der Waals surface area contributed by atoms with Crippen molar-refractivity contribution in [3.63, 3.8) is 0 Å². The minimum Gasteiger partial charge on any atom is -0.314 e. The number of rotatable bonds is 5. The van der Waals surface area contributed by atoms with Gasteiger partial charge in [0.2, 0.25) is 10.0 Å². The highest BCUT2D eigenvalue weighted by Crippen LogP contribution is 2.10. The van der Waals surface area contributed by atoms with E-state index in [1.807, 2.05) is 0 Å². The zero-order valence-corrected chi connectivity index (χ0v) is 10.6. The number of hydrogen-bond donors (Lipinski definition) is 2. The summed E-state index contributed by atoms with van der Waals surface area (Å²) in [6, 6.07) is 0.364. The molecule has 0 amide bonds. The monoisotopic (exact) mass is 244 g/mol. The Morgan fingerprint density at radius 2 is 2.25 bits per heavy atom. The summed E-state index contributed by atoms with van der Waals surface area (Å²) >= 11 is 0. The van der Waals surface area contributed by atoms with Crippen molar-refractivity contribution in [2.75, 3.05) is 18.8 Å². The zero-order chi connectivity index (χ0) is 11.9. The van der Waals surface area contributed by atoms with E-state index in [2.05, 4.69) is 21.9 Å². The maximum absolute atomic E-state index is 11.5. The summed E-state index contributed by atoms with van der Waals surface area (Å²) < 4.78 is 25.6. The molecule has 0 aromatic carbocycles. The fraction of sp³-hybridized carbons (Fsp3) is 0.818. The van der Waals surface area contributed by atoms with Gasteiger partial charge in [-0.25, -0.2) is 13.1 Å². The van der Waals surface area contributed by atoms with Crippen LogP contribution in [0.15, 0.2) is 0 Å². The minimum absolute atomic E-state index is 0.191. The lowest BCUT2D eigenvalue weighted by atomic mass is 10.0. The molecule has 1 rings (SSSR count). The second-order valence-corrected chi connectivity index (χ2v) is 5.93. The van der Waals surface area contributed by atoms with Crippen molar-refractivity contribution < 1.29 is 8.42 Å². The molecule has 1 atom stereocenters. The van der Waals surface area contributed by atoms with Crippen LogP contribution in [0.3, 0.4) is 0 Å². The van der Waals surface area contributed by atoms with E-state index in [9.17, 15) is 8.42 Å². The van der Waals surface area contributed by atoms with Gasteiger partial charge < -0.3 is 5.32 Å². The fourth-order valence-corrected chi connectivity index (χ4v) is 2.81. The first-order valence-electron chi connectivity index (χ1n) is 5.74. The van der Waals surface area contributed by atoms with E-state index >= 15 is 0 Å². The normalized spacial score (nSPS) is 21.2. The Morgan fingerprint density at radius 1 is 1.44 bits per heavy atom. The highest BCUT2D eigenvalue weighted by atomic mass is 32.2. The van der Waals surface area contributed by atoms with E-state index in [0.29, 0.717) is 12.5 Å². The topological polar surface area (TPSA) is 58.2 Å². The van der Waals surface area contributed by atoms with Crippen LogP contribution in [0.5, 0.6) is 0 Å². The summed E-state index contributed by atoms with van der Waals surface area (Å²) in [6.07, 6.45) is 4.18. The Labute approximate surface area is 98.2 Å². The minimum atomic E-state index is -3.15. The summed E-state index contributed by atoms with van der Waals surface area (Å²) in [7, 11) is -3.15. The van der Waals surface area contributed by atoms with Crippen LogP contribution >= 0.6 is 0 Å². The van der Waals surface area contributed by atoms with E-state index in [1.165, 1.54) is 12.8 Å². The third-order valence-electron chi connectivity index (χ3n) is 2.70. The van der Waals surface area contributed by atoms with Crippen LogP contribution in [-0.4, -0.2) is 33.3 Å². The highest BCUT2D eigenvalue weighted by molar-refractivity contribution is 7.89. The SMILES string of the molecule is CC#CCNS(=O)(=O)CCC1CCCCN1. The Balaban J connectivity index is 2.25. The van der Waals surface area contributed by atoms with E-state index in [0.717, 1.165) is 13.0 Å². The lowest BCUT2D eigenvalue weighted by molar-refractivity contribution is 0.392. The van der Waals surface area contributed by atoms with E-state index < -0.39 is 10.0 Å². The van der Waals surface area contributed by atoms with Gasteiger partial charge >= 0.3 is 0 Å². The maximum Gasteiger partial charge on any atom is 0.212 e. The molecule has 0 aromatic heterocycles. The second-order valence-electron chi connectivity index (χ2n) is 4.00. The van der Waals surface area contributed by atoms with E-state index in [4.69, 9.17) is 0 Å². The zero-order valence-electron chi connectivity index (χ0n) is 9.75. The number of nitrogens with one attached hydrogen (secondary N) is 2. The average Bonchev–Trinajstić information content (AvgIpc) is 2.28. The molecule has 92 valence electrons. The van der Waals surface area contributed by atoms with E-state index in [-0.39, 0.29) is 12.3 Å². The molecule has 0 radical (unpaired) electrons. The molecule has 1 unspecified atom stereocenters. The summed E-state index contributed by atoms with van der Waals surface area (Å²) in [5.41, 5.74) is 0. The van der Waals surface area contributed by atoms with Gasteiger partial charge in [0.05, 0.1) is 12.3 Å². The van der Waals surface area contributed by atoms with Crippen molar-refractivity contribution in [1.82, 2.24) is 10.0 Å². The van der Waals surface area contributed by atoms with Gasteiger partial charge in [0.1, 0.15) is 0 Å². The number of hydrogen-bond acceptors (Lipinski definition) is 3. The van der Waals surface area contributed by atoms with Crippen LogP contribution in [0, 0.1) is 11.8 Å². The lowest BCUT2D eigenvalue weighted by Crippen LogP contribution is -2.37. The van der Waals surface area contributed by atoms with Crippen molar-refractivity contribution in [2.45, 2.75) is 38.6 Å². The molecule has 0 aromatic rings. The van der Waals surface area contributed by atoms with Crippen LogP contribution in [0.4, 0.5) is 0 Å². The average molecular weight is 244 g/mol. The predicted molar refractivity (Wildman–Crippen MR) is 65.5 cm³/mol. The molecule has 2 N–H and O–H groups in total. The molecule has 0 bridgehead atoms. The largest absolute Gasteiger partial charge is 0.314 e. The molecule has 0 saturated carbocycles. The van der Waals surface area contributed by atoms with Crippen molar-refractivity contribution in [2.24, 2.45) is 0 Å². The van der Waals surface area contributed by atoms with Gasteiger partial charge in [-0.3, -0.25) is 0 Å². The summed E-state index contributed by atoms with van der Waals surface area (Å²) in [5.74, 6) is 5.53. The van der Waals surface area contributed by atoms with Gasteiger partial charge in [-0.1, -0.05) is 12.3 Å². The predicted octanol–water partition coefficient (Wildman–Crippen LogP) is 0.461. The van der Waals surface area contributed by atoms with E-state index in [1.54, 1.807) is 6.92 Å². The Morgan fingerprint density at radius 3 is 2.88 bits per heavy atom. The quantitative estimate of drug-likeness (QED) is 0.691. The van der Waals surface area contributed by atoms with Crippen LogP contribution < -0.4 is 10.0 Å². The van der Waals surface area contributed by atoms with Crippen molar-refractivity contribution >= 4 is 10.0 Å². The third kappa shape index (κ3) is 5.50. The molecule has 0 spiro atoms. The van der Waals surface area contributed by atoms with Gasteiger partial charge in [0.15, 0.2) is 0 Å². The first-order chi connectivity index (χ1) is 7.64. The van der Waals surface area contributed by atoms with Crippen molar-refractivity contribution in [1.29, 1.82) is 0 Å². The molecule has 4 nitrogen and oxygen atoms in total. The van der Waals surface area contributed by atoms with Crippen LogP contribution in [0.2, 0.25) is 0 Å². The van der Waals surface area contributed by atoms with Crippen LogP contribution in [0.25, 0.3) is 0 Å². The molecular weight excluding hydrogens is 224 g/mol. The molecule has 1 aliphatic heterocycles. The highest BCUT2D eigenvalue weighted by Gasteiger charge is 2.16. The Kier molecular flexibility index (Phi) is 5.81. The Hall–Kier alpha value is -0.570. The smallest absolute Gasteiger partial charge is 0.212 e.